The number of guanidine groups is 1. The van der Waals surface area contributed by atoms with Crippen LogP contribution in [-0.4, -0.2) is 34.6 Å². The number of nitrogens with one attached hydrogen (secondary N) is 2. The summed E-state index contributed by atoms with van der Waals surface area (Å²) in [5, 5.41) is 6.70. The molecule has 21 heavy (non-hydrogen) atoms. The molecule has 0 saturated carbocycles. The Bertz CT molecular complexity index is 634. The molecule has 1 aromatic carbocycles. The van der Waals surface area contributed by atoms with Gasteiger partial charge in [0.2, 0.25) is 0 Å². The van der Waals surface area contributed by atoms with Crippen LogP contribution in [0.4, 0.5) is 0 Å². The molecule has 2 aromatic rings. The number of hydrogen-bond acceptors (Lipinski definition) is 2. The molecule has 5 heteroatoms. The van der Waals surface area contributed by atoms with E-state index < -0.39 is 0 Å². The molecule has 0 unspecified atom stereocenters. The van der Waals surface area contributed by atoms with E-state index in [4.69, 9.17) is 0 Å². The van der Waals surface area contributed by atoms with Crippen LogP contribution >= 0.6 is 0 Å². The van der Waals surface area contributed by atoms with Gasteiger partial charge in [0.25, 0.3) is 0 Å². The molecule has 2 rings (SSSR count). The van der Waals surface area contributed by atoms with Crippen LogP contribution in [0.5, 0.6) is 0 Å². The Morgan fingerprint density at radius 1 is 1.29 bits per heavy atom. The van der Waals surface area contributed by atoms with Crippen LogP contribution in [0.1, 0.15) is 26.6 Å². The Kier molecular flexibility index (Phi) is 4.50. The Labute approximate surface area is 126 Å². The Balaban J connectivity index is 2.01. The number of imidazole rings is 1. The van der Waals surface area contributed by atoms with Crippen molar-refractivity contribution in [2.75, 3.05) is 13.6 Å². The first-order valence-corrected chi connectivity index (χ1v) is 7.31. The van der Waals surface area contributed by atoms with Gasteiger partial charge in [-0.25, -0.2) is 4.98 Å². The van der Waals surface area contributed by atoms with Crippen LogP contribution in [-0.2, 0) is 6.54 Å². The lowest BCUT2D eigenvalue weighted by Gasteiger charge is -2.23. The van der Waals surface area contributed by atoms with Crippen molar-refractivity contribution in [3.8, 4) is 0 Å². The maximum Gasteiger partial charge on any atom is 0.191 e. The van der Waals surface area contributed by atoms with Crippen molar-refractivity contribution in [1.82, 2.24) is 20.2 Å². The number of aromatic nitrogens is 2. The molecule has 0 bridgehead atoms. The fourth-order valence-electron chi connectivity index (χ4n) is 2.30. The quantitative estimate of drug-likeness (QED) is 0.673. The molecule has 0 aliphatic rings. The van der Waals surface area contributed by atoms with E-state index in [0.29, 0.717) is 0 Å². The van der Waals surface area contributed by atoms with E-state index in [2.05, 4.69) is 52.0 Å². The first-order chi connectivity index (χ1) is 9.90. The lowest BCUT2D eigenvalue weighted by atomic mass is 10.1. The predicted molar refractivity (Wildman–Crippen MR) is 88.7 cm³/mol. The Morgan fingerprint density at radius 3 is 2.67 bits per heavy atom. The van der Waals surface area contributed by atoms with Crippen molar-refractivity contribution in [3.05, 3.63) is 30.1 Å². The molecule has 0 atom stereocenters. The number of aryl methyl sites for hydroxylation is 1. The maximum absolute atomic E-state index is 4.58. The number of rotatable bonds is 3. The summed E-state index contributed by atoms with van der Waals surface area (Å²) < 4.78 is 2.23. The highest BCUT2D eigenvalue weighted by Crippen LogP contribution is 2.14. The second-order valence-electron chi connectivity index (χ2n) is 6.17. The SMILES string of the molecule is CN=C(NCCn1c(C)nc2ccccc21)NC(C)(C)C. The lowest BCUT2D eigenvalue weighted by molar-refractivity contribution is 0.499. The van der Waals surface area contributed by atoms with Crippen LogP contribution < -0.4 is 10.6 Å². The largest absolute Gasteiger partial charge is 0.355 e. The zero-order valence-corrected chi connectivity index (χ0v) is 13.6. The van der Waals surface area contributed by atoms with Gasteiger partial charge in [-0.3, -0.25) is 4.99 Å². The Morgan fingerprint density at radius 2 is 2.00 bits per heavy atom. The van der Waals surface area contributed by atoms with Crippen LogP contribution in [0.3, 0.4) is 0 Å². The highest BCUT2D eigenvalue weighted by Gasteiger charge is 2.12. The predicted octanol–water partition coefficient (Wildman–Crippen LogP) is 2.31. The summed E-state index contributed by atoms with van der Waals surface area (Å²) in [7, 11) is 1.79. The molecule has 0 saturated heterocycles. The maximum atomic E-state index is 4.58. The summed E-state index contributed by atoms with van der Waals surface area (Å²) in [6.07, 6.45) is 0. The van der Waals surface area contributed by atoms with E-state index in [0.717, 1.165) is 30.4 Å². The summed E-state index contributed by atoms with van der Waals surface area (Å²) in [6, 6.07) is 8.23. The number of hydrogen-bond donors (Lipinski definition) is 2. The summed E-state index contributed by atoms with van der Waals surface area (Å²) in [5.41, 5.74) is 2.22. The molecule has 0 aliphatic heterocycles. The molecule has 5 nitrogen and oxygen atoms in total. The molecule has 0 aliphatic carbocycles. The number of benzene rings is 1. The first kappa shape index (κ1) is 15.4. The summed E-state index contributed by atoms with van der Waals surface area (Å²) in [6.45, 7) is 10.1. The molecular formula is C16H25N5. The summed E-state index contributed by atoms with van der Waals surface area (Å²) >= 11 is 0. The molecule has 0 amide bonds. The third-order valence-electron chi connectivity index (χ3n) is 3.19. The van der Waals surface area contributed by atoms with Gasteiger partial charge >= 0.3 is 0 Å². The molecule has 0 radical (unpaired) electrons. The van der Waals surface area contributed by atoms with Crippen LogP contribution in [0, 0.1) is 6.92 Å². The van der Waals surface area contributed by atoms with E-state index in [9.17, 15) is 0 Å². The minimum Gasteiger partial charge on any atom is -0.355 e. The van der Waals surface area contributed by atoms with Crippen molar-refractivity contribution in [3.63, 3.8) is 0 Å². The zero-order chi connectivity index (χ0) is 15.5. The average molecular weight is 287 g/mol. The number of aliphatic imine (C=N–C) groups is 1. The average Bonchev–Trinajstić information content (AvgIpc) is 2.72. The van der Waals surface area contributed by atoms with Crippen molar-refractivity contribution in [2.24, 2.45) is 4.99 Å². The van der Waals surface area contributed by atoms with E-state index in [-0.39, 0.29) is 5.54 Å². The van der Waals surface area contributed by atoms with E-state index in [1.807, 2.05) is 25.1 Å². The lowest BCUT2D eigenvalue weighted by Crippen LogP contribution is -2.48. The van der Waals surface area contributed by atoms with Crippen LogP contribution in [0.2, 0.25) is 0 Å². The smallest absolute Gasteiger partial charge is 0.191 e. The molecule has 0 spiro atoms. The number of fused-ring (bicyclic) bond motifs is 1. The van der Waals surface area contributed by atoms with Gasteiger partial charge in [-0.1, -0.05) is 12.1 Å². The first-order valence-electron chi connectivity index (χ1n) is 7.31. The fraction of sp³-hybridized carbons (Fsp3) is 0.500. The highest BCUT2D eigenvalue weighted by atomic mass is 15.2. The summed E-state index contributed by atoms with van der Waals surface area (Å²) in [5.74, 6) is 1.86. The van der Waals surface area contributed by atoms with Crippen LogP contribution in [0.25, 0.3) is 11.0 Å². The van der Waals surface area contributed by atoms with Gasteiger partial charge in [0.15, 0.2) is 5.96 Å². The molecule has 2 N–H and O–H groups in total. The van der Waals surface area contributed by atoms with Crippen molar-refractivity contribution in [1.29, 1.82) is 0 Å². The van der Waals surface area contributed by atoms with Gasteiger partial charge in [0, 0.05) is 25.7 Å². The fourth-order valence-corrected chi connectivity index (χ4v) is 2.30. The normalized spacial score (nSPS) is 12.7. The Hall–Kier alpha value is -2.04. The topological polar surface area (TPSA) is 54.2 Å². The second kappa shape index (κ2) is 6.16. The minimum atomic E-state index is -0.000534. The third-order valence-corrected chi connectivity index (χ3v) is 3.19. The minimum absolute atomic E-state index is 0.000534. The number of nitrogens with zero attached hydrogens (tertiary/aromatic N) is 3. The molecule has 1 aromatic heterocycles. The monoisotopic (exact) mass is 287 g/mol. The standard InChI is InChI=1S/C16H25N5/c1-12-19-13-8-6-7-9-14(13)21(12)11-10-18-15(17-5)20-16(2,3)4/h6-9H,10-11H2,1-5H3,(H2,17,18,20). The van der Waals surface area contributed by atoms with Crippen molar-refractivity contribution < 1.29 is 0 Å². The van der Waals surface area contributed by atoms with Gasteiger partial charge in [0.05, 0.1) is 11.0 Å². The van der Waals surface area contributed by atoms with Gasteiger partial charge < -0.3 is 15.2 Å². The van der Waals surface area contributed by atoms with E-state index >= 15 is 0 Å². The van der Waals surface area contributed by atoms with Gasteiger partial charge in [-0.15, -0.1) is 0 Å². The van der Waals surface area contributed by atoms with E-state index in [1.54, 1.807) is 7.05 Å². The van der Waals surface area contributed by atoms with Crippen LogP contribution in [0.15, 0.2) is 29.3 Å². The highest BCUT2D eigenvalue weighted by molar-refractivity contribution is 5.80. The molecule has 0 fully saturated rings. The van der Waals surface area contributed by atoms with Gasteiger partial charge in [0.1, 0.15) is 5.82 Å². The van der Waals surface area contributed by atoms with Crippen molar-refractivity contribution >= 4 is 17.0 Å². The molecule has 1 heterocycles. The van der Waals surface area contributed by atoms with Gasteiger partial charge in [-0.05, 0) is 39.8 Å². The molecular weight excluding hydrogens is 262 g/mol. The second-order valence-corrected chi connectivity index (χ2v) is 6.17. The third kappa shape index (κ3) is 3.97. The molecule has 114 valence electrons. The van der Waals surface area contributed by atoms with Crippen molar-refractivity contribution in [2.45, 2.75) is 39.8 Å². The number of para-hydroxylation sites is 2. The zero-order valence-electron chi connectivity index (χ0n) is 13.6. The van der Waals surface area contributed by atoms with E-state index in [1.165, 1.54) is 5.52 Å². The summed E-state index contributed by atoms with van der Waals surface area (Å²) in [4.78, 5) is 8.83. The van der Waals surface area contributed by atoms with Gasteiger partial charge in [-0.2, -0.15) is 0 Å².